The second kappa shape index (κ2) is 2.92. The quantitative estimate of drug-likeness (QED) is 0.506. The highest BCUT2D eigenvalue weighted by atomic mass is 16.2. The Morgan fingerprint density at radius 2 is 1.42 bits per heavy atom. The minimum absolute atomic E-state index is 0.313. The zero-order valence-electron chi connectivity index (χ0n) is 7.03. The molecule has 0 bridgehead atoms. The number of hydrogen-bond acceptors (Lipinski definition) is 3. The van der Waals surface area contributed by atoms with E-state index in [2.05, 4.69) is 0 Å². The van der Waals surface area contributed by atoms with Gasteiger partial charge >= 0.3 is 6.03 Å². The summed E-state index contributed by atoms with van der Waals surface area (Å²) < 4.78 is 0. The van der Waals surface area contributed by atoms with Crippen molar-refractivity contribution in [2.75, 3.05) is 13.1 Å². The van der Waals surface area contributed by atoms with E-state index in [9.17, 15) is 14.4 Å². The number of nitrogens with zero attached hydrogens (tertiary/aromatic N) is 2. The van der Waals surface area contributed by atoms with Crippen LogP contribution in [0.2, 0.25) is 0 Å². The number of urea groups is 1. The first-order chi connectivity index (χ1) is 5.54. The molecule has 1 saturated heterocycles. The second-order valence-electron chi connectivity index (χ2n) is 2.62. The first-order valence-electron chi connectivity index (χ1n) is 3.64. The molecule has 1 heterocycles. The molecule has 66 valence electrons. The summed E-state index contributed by atoms with van der Waals surface area (Å²) in [7, 11) is 0. The predicted molar refractivity (Wildman–Crippen MR) is 40.2 cm³/mol. The van der Waals surface area contributed by atoms with Gasteiger partial charge in [0, 0.05) is 26.9 Å². The Morgan fingerprint density at radius 1 is 1.08 bits per heavy atom. The highest BCUT2D eigenvalue weighted by Crippen LogP contribution is 2.08. The van der Waals surface area contributed by atoms with Crippen LogP contribution in [0.15, 0.2) is 0 Å². The van der Waals surface area contributed by atoms with Gasteiger partial charge < -0.3 is 0 Å². The van der Waals surface area contributed by atoms with E-state index in [1.165, 1.54) is 13.8 Å². The molecule has 1 aliphatic heterocycles. The van der Waals surface area contributed by atoms with Gasteiger partial charge in [-0.05, 0) is 0 Å². The van der Waals surface area contributed by atoms with Crippen molar-refractivity contribution in [2.24, 2.45) is 0 Å². The number of amides is 4. The third-order valence-corrected chi connectivity index (χ3v) is 1.77. The van der Waals surface area contributed by atoms with E-state index in [1.807, 2.05) is 0 Å². The van der Waals surface area contributed by atoms with Crippen molar-refractivity contribution in [3.63, 3.8) is 0 Å². The van der Waals surface area contributed by atoms with Gasteiger partial charge in [0.15, 0.2) is 0 Å². The smallest absolute Gasteiger partial charge is 0.275 e. The SMILES string of the molecule is CC(=O)N1CCN(C(C)=O)C1=O. The van der Waals surface area contributed by atoms with Gasteiger partial charge in [-0.3, -0.25) is 19.4 Å². The Balaban J connectivity index is 2.74. The minimum Gasteiger partial charge on any atom is -0.275 e. The van der Waals surface area contributed by atoms with Crippen LogP contribution in [0.5, 0.6) is 0 Å². The van der Waals surface area contributed by atoms with Crippen molar-refractivity contribution >= 4 is 17.8 Å². The lowest BCUT2D eigenvalue weighted by Crippen LogP contribution is -2.36. The topological polar surface area (TPSA) is 57.7 Å². The summed E-state index contributed by atoms with van der Waals surface area (Å²) in [6, 6.07) is -0.505. The predicted octanol–water partition coefficient (Wildman–Crippen LogP) is -0.183. The normalized spacial score (nSPS) is 17.0. The molecule has 0 N–H and O–H groups in total. The first kappa shape index (κ1) is 8.70. The van der Waals surface area contributed by atoms with Gasteiger partial charge in [-0.1, -0.05) is 0 Å². The van der Waals surface area contributed by atoms with E-state index in [4.69, 9.17) is 0 Å². The molecule has 0 aliphatic carbocycles. The van der Waals surface area contributed by atoms with Gasteiger partial charge in [0.2, 0.25) is 11.8 Å². The summed E-state index contributed by atoms with van der Waals surface area (Å²) in [5, 5.41) is 0. The summed E-state index contributed by atoms with van der Waals surface area (Å²) in [4.78, 5) is 34.9. The fourth-order valence-electron chi connectivity index (χ4n) is 1.12. The largest absolute Gasteiger partial charge is 0.333 e. The Kier molecular flexibility index (Phi) is 2.12. The zero-order chi connectivity index (χ0) is 9.30. The van der Waals surface area contributed by atoms with Crippen molar-refractivity contribution in [3.05, 3.63) is 0 Å². The fraction of sp³-hybridized carbons (Fsp3) is 0.571. The summed E-state index contributed by atoms with van der Waals surface area (Å²) in [6.45, 7) is 3.24. The van der Waals surface area contributed by atoms with Gasteiger partial charge in [0.05, 0.1) is 0 Å². The lowest BCUT2D eigenvalue weighted by molar-refractivity contribution is -0.126. The van der Waals surface area contributed by atoms with E-state index in [0.29, 0.717) is 13.1 Å². The van der Waals surface area contributed by atoms with Gasteiger partial charge in [-0.2, -0.15) is 0 Å². The molecule has 4 amide bonds. The van der Waals surface area contributed by atoms with Gasteiger partial charge in [-0.15, -0.1) is 0 Å². The van der Waals surface area contributed by atoms with Crippen LogP contribution >= 0.6 is 0 Å². The molecule has 5 heteroatoms. The highest BCUT2D eigenvalue weighted by molar-refractivity contribution is 6.02. The lowest BCUT2D eigenvalue weighted by Gasteiger charge is -2.12. The summed E-state index contributed by atoms with van der Waals surface area (Å²) in [5.74, 6) is -0.632. The number of imide groups is 2. The van der Waals surface area contributed by atoms with Crippen molar-refractivity contribution in [2.45, 2.75) is 13.8 Å². The molecule has 0 aromatic rings. The molecule has 12 heavy (non-hydrogen) atoms. The van der Waals surface area contributed by atoms with Crippen LogP contribution in [0.4, 0.5) is 4.79 Å². The van der Waals surface area contributed by atoms with E-state index >= 15 is 0 Å². The van der Waals surface area contributed by atoms with E-state index in [-0.39, 0.29) is 11.8 Å². The van der Waals surface area contributed by atoms with Crippen LogP contribution in [0.1, 0.15) is 13.8 Å². The van der Waals surface area contributed by atoms with Crippen molar-refractivity contribution in [3.8, 4) is 0 Å². The molecular formula is C7H10N2O3. The van der Waals surface area contributed by atoms with Crippen LogP contribution in [-0.2, 0) is 9.59 Å². The number of carbonyl (C=O) groups is 3. The van der Waals surface area contributed by atoms with Crippen LogP contribution in [-0.4, -0.2) is 40.7 Å². The Bertz CT molecular complexity index is 225. The van der Waals surface area contributed by atoms with Crippen LogP contribution in [0.3, 0.4) is 0 Å². The van der Waals surface area contributed by atoms with Gasteiger partial charge in [0.1, 0.15) is 0 Å². The van der Waals surface area contributed by atoms with Gasteiger partial charge in [0.25, 0.3) is 0 Å². The Morgan fingerprint density at radius 3 is 1.58 bits per heavy atom. The highest BCUT2D eigenvalue weighted by Gasteiger charge is 2.33. The maximum absolute atomic E-state index is 11.2. The molecule has 0 aromatic heterocycles. The van der Waals surface area contributed by atoms with Crippen molar-refractivity contribution in [1.82, 2.24) is 9.80 Å². The van der Waals surface area contributed by atoms with Gasteiger partial charge in [-0.25, -0.2) is 4.79 Å². The van der Waals surface area contributed by atoms with Crippen molar-refractivity contribution in [1.29, 1.82) is 0 Å². The first-order valence-corrected chi connectivity index (χ1v) is 3.64. The molecule has 0 spiro atoms. The average molecular weight is 170 g/mol. The Hall–Kier alpha value is -1.39. The molecule has 0 radical (unpaired) electrons. The fourth-order valence-corrected chi connectivity index (χ4v) is 1.12. The molecular weight excluding hydrogens is 160 g/mol. The molecule has 1 aliphatic rings. The molecule has 1 fully saturated rings. The number of carbonyl (C=O) groups excluding carboxylic acids is 3. The molecule has 0 saturated carbocycles. The summed E-state index contributed by atoms with van der Waals surface area (Å²) in [5.41, 5.74) is 0. The van der Waals surface area contributed by atoms with Crippen LogP contribution < -0.4 is 0 Å². The van der Waals surface area contributed by atoms with E-state index in [0.717, 1.165) is 9.80 Å². The minimum atomic E-state index is -0.505. The number of rotatable bonds is 0. The monoisotopic (exact) mass is 170 g/mol. The molecule has 0 atom stereocenters. The van der Waals surface area contributed by atoms with E-state index < -0.39 is 6.03 Å². The maximum Gasteiger partial charge on any atom is 0.333 e. The maximum atomic E-state index is 11.2. The molecule has 1 rings (SSSR count). The molecule has 0 unspecified atom stereocenters. The lowest BCUT2D eigenvalue weighted by atomic mass is 10.5. The van der Waals surface area contributed by atoms with Crippen LogP contribution in [0, 0.1) is 0 Å². The zero-order valence-corrected chi connectivity index (χ0v) is 7.03. The second-order valence-corrected chi connectivity index (χ2v) is 2.62. The standard InChI is InChI=1S/C7H10N2O3/c1-5(10)8-3-4-9(6(2)11)7(8)12/h3-4H2,1-2H3. The third-order valence-electron chi connectivity index (χ3n) is 1.77. The molecule has 0 aromatic carbocycles. The third kappa shape index (κ3) is 1.30. The Labute approximate surface area is 69.9 Å². The van der Waals surface area contributed by atoms with E-state index in [1.54, 1.807) is 0 Å². The number of hydrogen-bond donors (Lipinski definition) is 0. The van der Waals surface area contributed by atoms with Crippen LogP contribution in [0.25, 0.3) is 0 Å². The average Bonchev–Trinajstić information content (AvgIpc) is 2.30. The molecule has 5 nitrogen and oxygen atoms in total. The summed E-state index contributed by atoms with van der Waals surface area (Å²) >= 11 is 0. The van der Waals surface area contributed by atoms with Crippen molar-refractivity contribution < 1.29 is 14.4 Å². The summed E-state index contributed by atoms with van der Waals surface area (Å²) in [6.07, 6.45) is 0.